The third-order valence-corrected chi connectivity index (χ3v) is 4.04. The van der Waals surface area contributed by atoms with Gasteiger partial charge in [-0.15, -0.1) is 0 Å². The van der Waals surface area contributed by atoms with E-state index < -0.39 is 17.7 Å². The third kappa shape index (κ3) is 3.57. The van der Waals surface area contributed by atoms with Gasteiger partial charge in [-0.2, -0.15) is 18.3 Å². The van der Waals surface area contributed by atoms with Crippen LogP contribution in [0, 0.1) is 0 Å². The number of rotatable bonds is 3. The maximum Gasteiger partial charge on any atom is 0.416 e. The molecule has 8 heteroatoms. The zero-order chi connectivity index (χ0) is 18.9. The first kappa shape index (κ1) is 18.0. The topological polar surface area (TPSA) is 44.1 Å². The van der Waals surface area contributed by atoms with Crippen molar-refractivity contribution in [2.24, 2.45) is 0 Å². The van der Waals surface area contributed by atoms with E-state index in [0.29, 0.717) is 16.9 Å². The molecule has 0 N–H and O–H groups in total. The summed E-state index contributed by atoms with van der Waals surface area (Å²) in [6.07, 6.45) is -2.87. The summed E-state index contributed by atoms with van der Waals surface area (Å²) in [6.45, 7) is 0. The number of benzene rings is 2. The Kier molecular flexibility index (Phi) is 4.73. The van der Waals surface area contributed by atoms with Crippen LogP contribution in [-0.4, -0.2) is 22.9 Å². The number of nitrogens with zero attached hydrogens (tertiary/aromatic N) is 2. The highest BCUT2D eigenvalue weighted by atomic mass is 35.5. The highest BCUT2D eigenvalue weighted by molar-refractivity contribution is 6.33. The van der Waals surface area contributed by atoms with Gasteiger partial charge in [0, 0.05) is 11.8 Å². The predicted octanol–water partition coefficient (Wildman–Crippen LogP) is 5.00. The van der Waals surface area contributed by atoms with E-state index in [1.807, 2.05) is 0 Å². The van der Waals surface area contributed by atoms with Gasteiger partial charge in [0.05, 0.1) is 34.6 Å². The second-order valence-electron chi connectivity index (χ2n) is 5.38. The number of carbonyl (C=O) groups excluding carboxylic acids is 1. The molecule has 3 rings (SSSR count). The Bertz CT molecular complexity index is 950. The van der Waals surface area contributed by atoms with Gasteiger partial charge in [0.2, 0.25) is 0 Å². The SMILES string of the molecule is COC(=O)c1ccc(-n2ccc(-c3cc(C(F)(F)F)ccc3Cl)n2)cc1. The van der Waals surface area contributed by atoms with Gasteiger partial charge in [-0.25, -0.2) is 9.48 Å². The molecule has 0 aliphatic heterocycles. The van der Waals surface area contributed by atoms with E-state index in [-0.39, 0.29) is 10.6 Å². The van der Waals surface area contributed by atoms with Crippen LogP contribution in [0.5, 0.6) is 0 Å². The molecule has 0 spiro atoms. The average Bonchev–Trinajstić information content (AvgIpc) is 3.10. The lowest BCUT2D eigenvalue weighted by Gasteiger charge is -2.09. The fourth-order valence-corrected chi connectivity index (χ4v) is 2.59. The van der Waals surface area contributed by atoms with Crippen molar-refractivity contribution < 1.29 is 22.7 Å². The van der Waals surface area contributed by atoms with Crippen molar-refractivity contribution >= 4 is 17.6 Å². The quantitative estimate of drug-likeness (QED) is 0.601. The second kappa shape index (κ2) is 6.84. The molecule has 1 heterocycles. The molecule has 0 radical (unpaired) electrons. The fraction of sp³-hybridized carbons (Fsp3) is 0.111. The predicted molar refractivity (Wildman–Crippen MR) is 90.4 cm³/mol. The zero-order valence-corrected chi connectivity index (χ0v) is 14.2. The fourth-order valence-electron chi connectivity index (χ4n) is 2.38. The van der Waals surface area contributed by atoms with Crippen LogP contribution >= 0.6 is 11.6 Å². The molecule has 134 valence electrons. The largest absolute Gasteiger partial charge is 0.465 e. The molecule has 0 saturated heterocycles. The highest BCUT2D eigenvalue weighted by Crippen LogP contribution is 2.35. The summed E-state index contributed by atoms with van der Waals surface area (Å²) >= 11 is 6.04. The van der Waals surface area contributed by atoms with Crippen LogP contribution in [0.3, 0.4) is 0 Å². The van der Waals surface area contributed by atoms with E-state index in [4.69, 9.17) is 11.6 Å². The van der Waals surface area contributed by atoms with Crippen molar-refractivity contribution in [3.05, 3.63) is 70.9 Å². The lowest BCUT2D eigenvalue weighted by molar-refractivity contribution is -0.137. The van der Waals surface area contributed by atoms with Crippen molar-refractivity contribution in [1.82, 2.24) is 9.78 Å². The Morgan fingerprint density at radius 3 is 2.42 bits per heavy atom. The normalized spacial score (nSPS) is 11.4. The highest BCUT2D eigenvalue weighted by Gasteiger charge is 2.31. The number of hydrogen-bond acceptors (Lipinski definition) is 3. The average molecular weight is 381 g/mol. The first-order valence-corrected chi connectivity index (χ1v) is 7.79. The summed E-state index contributed by atoms with van der Waals surface area (Å²) in [5, 5.41) is 4.45. The summed E-state index contributed by atoms with van der Waals surface area (Å²) in [4.78, 5) is 11.4. The standard InChI is InChI=1S/C18H12ClF3N2O2/c1-26-17(25)11-2-5-13(6-3-11)24-9-8-16(23-24)14-10-12(18(20,21)22)4-7-15(14)19/h2-10H,1H3. The van der Waals surface area contributed by atoms with E-state index in [9.17, 15) is 18.0 Å². The molecule has 0 aliphatic carbocycles. The van der Waals surface area contributed by atoms with Crippen LogP contribution in [0.4, 0.5) is 13.2 Å². The van der Waals surface area contributed by atoms with Gasteiger partial charge in [0.15, 0.2) is 0 Å². The number of hydrogen-bond donors (Lipinski definition) is 0. The van der Waals surface area contributed by atoms with Crippen LogP contribution in [-0.2, 0) is 10.9 Å². The number of carbonyl (C=O) groups is 1. The molecular formula is C18H12ClF3N2O2. The monoisotopic (exact) mass is 380 g/mol. The number of alkyl halides is 3. The molecule has 0 amide bonds. The van der Waals surface area contributed by atoms with Crippen molar-refractivity contribution in [2.75, 3.05) is 7.11 Å². The van der Waals surface area contributed by atoms with E-state index >= 15 is 0 Å². The van der Waals surface area contributed by atoms with Crippen molar-refractivity contribution in [3.8, 4) is 16.9 Å². The second-order valence-corrected chi connectivity index (χ2v) is 5.78. The molecule has 0 atom stereocenters. The molecule has 0 bridgehead atoms. The molecular weight excluding hydrogens is 369 g/mol. The number of esters is 1. The van der Waals surface area contributed by atoms with E-state index in [2.05, 4.69) is 9.84 Å². The maximum absolute atomic E-state index is 12.9. The lowest BCUT2D eigenvalue weighted by atomic mass is 10.1. The lowest BCUT2D eigenvalue weighted by Crippen LogP contribution is -2.05. The van der Waals surface area contributed by atoms with Crippen molar-refractivity contribution in [1.29, 1.82) is 0 Å². The van der Waals surface area contributed by atoms with Crippen LogP contribution in [0.15, 0.2) is 54.7 Å². The number of aromatic nitrogens is 2. The summed E-state index contributed by atoms with van der Waals surface area (Å²) < 4.78 is 44.8. The molecule has 2 aromatic carbocycles. The van der Waals surface area contributed by atoms with E-state index in [1.54, 1.807) is 36.5 Å². The van der Waals surface area contributed by atoms with Crippen LogP contribution < -0.4 is 0 Å². The Hall–Kier alpha value is -2.80. The molecule has 26 heavy (non-hydrogen) atoms. The Labute approximate surface area is 151 Å². The molecule has 4 nitrogen and oxygen atoms in total. The minimum atomic E-state index is -4.47. The van der Waals surface area contributed by atoms with E-state index in [1.165, 1.54) is 17.9 Å². The van der Waals surface area contributed by atoms with E-state index in [0.717, 1.165) is 12.1 Å². The van der Waals surface area contributed by atoms with Gasteiger partial charge in [-0.3, -0.25) is 0 Å². The third-order valence-electron chi connectivity index (χ3n) is 3.71. The molecule has 0 unspecified atom stereocenters. The number of methoxy groups -OCH3 is 1. The summed E-state index contributed by atoms with van der Waals surface area (Å²) in [5.74, 6) is -0.464. The number of ether oxygens (including phenoxy) is 1. The van der Waals surface area contributed by atoms with Crippen molar-refractivity contribution in [2.45, 2.75) is 6.18 Å². The Morgan fingerprint density at radius 2 is 1.81 bits per heavy atom. The first-order valence-electron chi connectivity index (χ1n) is 7.41. The molecule has 0 saturated carbocycles. The van der Waals surface area contributed by atoms with Crippen LogP contribution in [0.1, 0.15) is 15.9 Å². The van der Waals surface area contributed by atoms with Gasteiger partial charge in [0.1, 0.15) is 0 Å². The number of halogens is 4. The first-order chi connectivity index (χ1) is 12.3. The zero-order valence-electron chi connectivity index (χ0n) is 13.4. The van der Waals surface area contributed by atoms with Gasteiger partial charge < -0.3 is 4.74 Å². The summed E-state index contributed by atoms with van der Waals surface area (Å²) in [7, 11) is 1.29. The minimum Gasteiger partial charge on any atom is -0.465 e. The molecule has 0 fully saturated rings. The molecule has 1 aromatic heterocycles. The van der Waals surface area contributed by atoms with Gasteiger partial charge in [-0.1, -0.05) is 11.6 Å². The van der Waals surface area contributed by atoms with Gasteiger partial charge in [-0.05, 0) is 48.5 Å². The van der Waals surface area contributed by atoms with Gasteiger partial charge in [0.25, 0.3) is 0 Å². The van der Waals surface area contributed by atoms with Crippen LogP contribution in [0.25, 0.3) is 16.9 Å². The summed E-state index contributed by atoms with van der Waals surface area (Å²) in [6, 6.07) is 11.1. The van der Waals surface area contributed by atoms with Crippen LogP contribution in [0.2, 0.25) is 5.02 Å². The molecule has 0 aliphatic rings. The smallest absolute Gasteiger partial charge is 0.416 e. The summed E-state index contributed by atoms with van der Waals surface area (Å²) in [5.41, 5.74) is 0.704. The maximum atomic E-state index is 12.9. The Morgan fingerprint density at radius 1 is 1.12 bits per heavy atom. The Balaban J connectivity index is 1.94. The van der Waals surface area contributed by atoms with Gasteiger partial charge >= 0.3 is 12.1 Å². The minimum absolute atomic E-state index is 0.171. The van der Waals surface area contributed by atoms with Crippen molar-refractivity contribution in [3.63, 3.8) is 0 Å². The molecule has 3 aromatic rings.